The molecule has 5 rings (SSSR count). The lowest BCUT2D eigenvalue weighted by Gasteiger charge is -2.26. The molecule has 0 aliphatic carbocycles. The van der Waals surface area contributed by atoms with Gasteiger partial charge in [0, 0.05) is 29.8 Å². The molecule has 2 amide bonds. The highest BCUT2D eigenvalue weighted by Crippen LogP contribution is 2.23. The van der Waals surface area contributed by atoms with Crippen molar-refractivity contribution in [2.45, 2.75) is 32.4 Å². The van der Waals surface area contributed by atoms with Crippen LogP contribution in [0.4, 0.5) is 14.9 Å². The molecule has 2 aromatic carbocycles. The van der Waals surface area contributed by atoms with Crippen LogP contribution in [0, 0.1) is 12.7 Å². The quantitative estimate of drug-likeness (QED) is 0.514. The summed E-state index contributed by atoms with van der Waals surface area (Å²) in [4.78, 5) is 14.8. The molecule has 0 radical (unpaired) electrons. The number of ether oxygens (including phenoxy) is 1. The monoisotopic (exact) mass is 434 g/mol. The first-order valence-corrected chi connectivity index (χ1v) is 10.6. The summed E-state index contributed by atoms with van der Waals surface area (Å²) in [6, 6.07) is 13.6. The van der Waals surface area contributed by atoms with Crippen molar-refractivity contribution in [3.05, 3.63) is 65.5 Å². The number of halogens is 1. The molecule has 1 aliphatic rings. The lowest BCUT2D eigenvalue weighted by molar-refractivity contribution is 0.0820. The van der Waals surface area contributed by atoms with E-state index in [2.05, 4.69) is 20.8 Å². The minimum absolute atomic E-state index is 0.0385. The van der Waals surface area contributed by atoms with Crippen molar-refractivity contribution in [3.63, 3.8) is 0 Å². The summed E-state index contributed by atoms with van der Waals surface area (Å²) in [5.41, 5.74) is 3.83. The van der Waals surface area contributed by atoms with Crippen molar-refractivity contribution in [1.82, 2.24) is 24.9 Å². The summed E-state index contributed by atoms with van der Waals surface area (Å²) in [6.45, 7) is 3.41. The summed E-state index contributed by atoms with van der Waals surface area (Å²) in [6.07, 6.45) is 1.82. The number of aryl methyl sites for hydroxylation is 1. The second kappa shape index (κ2) is 8.51. The Kier molecular flexibility index (Phi) is 5.40. The van der Waals surface area contributed by atoms with E-state index in [0.29, 0.717) is 24.5 Å². The van der Waals surface area contributed by atoms with Gasteiger partial charge in [0.2, 0.25) is 0 Å². The first-order chi connectivity index (χ1) is 15.6. The summed E-state index contributed by atoms with van der Waals surface area (Å²) in [5, 5.41) is 16.0. The molecular weight excluding hydrogens is 411 g/mol. The Labute approximate surface area is 184 Å². The highest BCUT2D eigenvalue weighted by molar-refractivity contribution is 5.90. The Hall–Kier alpha value is -3.59. The van der Waals surface area contributed by atoms with Crippen molar-refractivity contribution in [2.75, 3.05) is 18.5 Å². The number of benzene rings is 2. The van der Waals surface area contributed by atoms with E-state index < -0.39 is 5.82 Å². The Morgan fingerprint density at radius 2 is 2.19 bits per heavy atom. The third kappa shape index (κ3) is 4.11. The predicted molar refractivity (Wildman–Crippen MR) is 118 cm³/mol. The van der Waals surface area contributed by atoms with Crippen molar-refractivity contribution < 1.29 is 13.9 Å². The van der Waals surface area contributed by atoms with Gasteiger partial charge in [0.25, 0.3) is 0 Å². The largest absolute Gasteiger partial charge is 0.376 e. The Morgan fingerprint density at radius 1 is 1.28 bits per heavy atom. The maximum absolute atomic E-state index is 13.6. The van der Waals surface area contributed by atoms with Gasteiger partial charge in [0.15, 0.2) is 5.65 Å². The molecule has 2 aromatic heterocycles. The van der Waals surface area contributed by atoms with Crippen LogP contribution in [0.5, 0.6) is 0 Å². The lowest BCUT2D eigenvalue weighted by Crippen LogP contribution is -2.39. The van der Waals surface area contributed by atoms with Gasteiger partial charge in [-0.05, 0) is 66.1 Å². The first kappa shape index (κ1) is 20.3. The van der Waals surface area contributed by atoms with E-state index in [0.717, 1.165) is 34.9 Å². The van der Waals surface area contributed by atoms with Crippen LogP contribution in [-0.2, 0) is 11.3 Å². The van der Waals surface area contributed by atoms with Gasteiger partial charge in [0.1, 0.15) is 5.82 Å². The third-order valence-corrected chi connectivity index (χ3v) is 5.67. The van der Waals surface area contributed by atoms with Gasteiger partial charge in [-0.15, -0.1) is 5.10 Å². The number of carbonyl (C=O) groups excluding carboxylic acids is 1. The molecule has 0 bridgehead atoms. The topological polar surface area (TPSA) is 84.6 Å². The first-order valence-electron chi connectivity index (χ1n) is 10.6. The molecule has 8 nitrogen and oxygen atoms in total. The minimum atomic E-state index is -0.408. The van der Waals surface area contributed by atoms with Gasteiger partial charge < -0.3 is 15.0 Å². The lowest BCUT2D eigenvalue weighted by atomic mass is 10.1. The van der Waals surface area contributed by atoms with Gasteiger partial charge in [-0.25, -0.2) is 9.18 Å². The van der Waals surface area contributed by atoms with Gasteiger partial charge in [0.05, 0.1) is 18.2 Å². The average molecular weight is 434 g/mol. The van der Waals surface area contributed by atoms with Crippen LogP contribution >= 0.6 is 0 Å². The number of pyridine rings is 1. The number of hydrogen-bond acceptors (Lipinski definition) is 5. The molecular formula is C23H23FN6O2. The predicted octanol–water partition coefficient (Wildman–Crippen LogP) is 3.94. The number of fused-ring (bicyclic) bond motifs is 3. The van der Waals surface area contributed by atoms with Gasteiger partial charge in [-0.1, -0.05) is 18.2 Å². The molecule has 9 heteroatoms. The van der Waals surface area contributed by atoms with E-state index in [1.807, 2.05) is 31.2 Å². The number of carbonyl (C=O) groups is 1. The second-order valence-corrected chi connectivity index (χ2v) is 8.10. The fourth-order valence-electron chi connectivity index (χ4n) is 4.11. The number of amides is 2. The molecule has 164 valence electrons. The summed E-state index contributed by atoms with van der Waals surface area (Å²) in [5.74, 6) is -0.408. The van der Waals surface area contributed by atoms with Crippen LogP contribution in [0.1, 0.15) is 24.0 Å². The number of aromatic nitrogens is 4. The fraction of sp³-hybridized carbons (Fsp3) is 0.304. The highest BCUT2D eigenvalue weighted by atomic mass is 19.1. The second-order valence-electron chi connectivity index (χ2n) is 8.10. The highest BCUT2D eigenvalue weighted by Gasteiger charge is 2.24. The average Bonchev–Trinajstić information content (AvgIpc) is 3.46. The molecule has 0 unspecified atom stereocenters. The van der Waals surface area contributed by atoms with E-state index in [9.17, 15) is 9.18 Å². The molecule has 1 aliphatic heterocycles. The molecule has 0 saturated carbocycles. The van der Waals surface area contributed by atoms with Crippen molar-refractivity contribution >= 4 is 28.3 Å². The Bertz CT molecular complexity index is 1280. The number of nitrogens with one attached hydrogen (secondary N) is 1. The molecule has 1 saturated heterocycles. The molecule has 4 aromatic rings. The van der Waals surface area contributed by atoms with E-state index in [1.165, 1.54) is 12.1 Å². The number of urea groups is 1. The number of anilines is 1. The van der Waals surface area contributed by atoms with Crippen LogP contribution in [0.3, 0.4) is 0 Å². The molecule has 32 heavy (non-hydrogen) atoms. The van der Waals surface area contributed by atoms with Crippen molar-refractivity contribution in [2.24, 2.45) is 0 Å². The maximum atomic E-state index is 13.6. The summed E-state index contributed by atoms with van der Waals surface area (Å²) < 4.78 is 21.1. The van der Waals surface area contributed by atoms with E-state index in [1.54, 1.807) is 21.5 Å². The Balaban J connectivity index is 1.48. The van der Waals surface area contributed by atoms with Gasteiger partial charge in [-0.3, -0.25) is 0 Å². The van der Waals surface area contributed by atoms with Crippen LogP contribution < -0.4 is 5.32 Å². The third-order valence-electron chi connectivity index (χ3n) is 5.67. The van der Waals surface area contributed by atoms with Gasteiger partial charge >= 0.3 is 6.03 Å². The fourth-order valence-corrected chi connectivity index (χ4v) is 4.11. The standard InChI is InChI=1S/C23H23FN6O2/c1-15-7-8-16-11-17(22-26-27-28-30(22)21(16)10-15)13-29(14-20-6-3-9-32-20)23(31)25-19-5-2-4-18(24)12-19/h2,4-5,7-8,10-12,20H,3,6,9,13-14H2,1H3,(H,25,31)/t20-/m0/s1. The maximum Gasteiger partial charge on any atom is 0.322 e. The SMILES string of the molecule is Cc1ccc2cc(CN(C[C@@H]3CCCO3)C(=O)Nc3cccc(F)c3)c3nnnn3c2c1. The molecule has 1 N–H and O–H groups in total. The molecule has 1 atom stereocenters. The zero-order valence-electron chi connectivity index (χ0n) is 17.7. The summed E-state index contributed by atoms with van der Waals surface area (Å²) >= 11 is 0. The van der Waals surface area contributed by atoms with E-state index in [-0.39, 0.29) is 18.7 Å². The zero-order chi connectivity index (χ0) is 22.1. The normalized spacial score (nSPS) is 16.0. The van der Waals surface area contributed by atoms with Crippen LogP contribution in [0.2, 0.25) is 0 Å². The number of rotatable bonds is 5. The van der Waals surface area contributed by atoms with E-state index in [4.69, 9.17) is 4.74 Å². The number of hydrogen-bond donors (Lipinski definition) is 1. The van der Waals surface area contributed by atoms with E-state index >= 15 is 0 Å². The molecule has 3 heterocycles. The van der Waals surface area contributed by atoms with Crippen molar-refractivity contribution in [1.29, 1.82) is 0 Å². The Morgan fingerprint density at radius 3 is 3.00 bits per heavy atom. The summed E-state index contributed by atoms with van der Waals surface area (Å²) in [7, 11) is 0. The molecule has 0 spiro atoms. The van der Waals surface area contributed by atoms with Crippen molar-refractivity contribution in [3.8, 4) is 0 Å². The molecule has 1 fully saturated rings. The van der Waals surface area contributed by atoms with Crippen LogP contribution in [-0.4, -0.2) is 50.2 Å². The number of tetrazole rings is 1. The van der Waals surface area contributed by atoms with Crippen LogP contribution in [0.25, 0.3) is 16.6 Å². The van der Waals surface area contributed by atoms with Crippen LogP contribution in [0.15, 0.2) is 48.5 Å². The number of nitrogens with zero attached hydrogens (tertiary/aromatic N) is 5. The zero-order valence-corrected chi connectivity index (χ0v) is 17.7. The van der Waals surface area contributed by atoms with Gasteiger partial charge in [-0.2, -0.15) is 4.52 Å². The smallest absolute Gasteiger partial charge is 0.322 e. The minimum Gasteiger partial charge on any atom is -0.376 e.